The number of carbonyl (C=O) groups excluding carboxylic acids is 1. The second-order valence-corrected chi connectivity index (χ2v) is 3.36. The van der Waals surface area contributed by atoms with Gasteiger partial charge in [0.25, 0.3) is 5.91 Å². The highest BCUT2D eigenvalue weighted by atomic mass is 16.1. The van der Waals surface area contributed by atoms with Crippen LogP contribution in [-0.4, -0.2) is 21.1 Å². The number of hydrogen-bond acceptors (Lipinski definition) is 5. The summed E-state index contributed by atoms with van der Waals surface area (Å²) in [5, 5.41) is 10.3. The summed E-state index contributed by atoms with van der Waals surface area (Å²) in [6, 6.07) is 5.11. The molecule has 17 heavy (non-hydrogen) atoms. The third kappa shape index (κ3) is 2.75. The monoisotopic (exact) mass is 229 g/mol. The minimum Gasteiger partial charge on any atom is -0.397 e. The van der Waals surface area contributed by atoms with Gasteiger partial charge in [0.05, 0.1) is 29.7 Å². The van der Waals surface area contributed by atoms with E-state index in [9.17, 15) is 4.79 Å². The molecular formula is C11H11N5O. The Morgan fingerprint density at radius 3 is 2.94 bits per heavy atom. The first kappa shape index (κ1) is 11.0. The zero-order valence-electron chi connectivity index (χ0n) is 9.00. The van der Waals surface area contributed by atoms with Gasteiger partial charge in [-0.15, -0.1) is 0 Å². The normalized spacial score (nSPS) is 9.88. The molecule has 6 heteroatoms. The molecule has 2 aromatic rings. The molecule has 0 aliphatic heterocycles. The van der Waals surface area contributed by atoms with E-state index in [1.165, 1.54) is 12.4 Å². The summed E-state index contributed by atoms with van der Waals surface area (Å²) < 4.78 is 0. The third-order valence-electron chi connectivity index (χ3n) is 2.15. The van der Waals surface area contributed by atoms with Crippen molar-refractivity contribution >= 4 is 11.6 Å². The second kappa shape index (κ2) is 5.02. The van der Waals surface area contributed by atoms with Crippen LogP contribution in [-0.2, 0) is 6.54 Å². The van der Waals surface area contributed by atoms with Crippen molar-refractivity contribution in [1.82, 2.24) is 20.5 Å². The third-order valence-corrected chi connectivity index (χ3v) is 2.15. The predicted octanol–water partition coefficient (Wildman–Crippen LogP) is 0.384. The molecule has 0 saturated carbocycles. The minimum atomic E-state index is -0.254. The number of nitrogens with two attached hydrogens (primary N) is 1. The molecule has 0 saturated heterocycles. The van der Waals surface area contributed by atoms with Crippen molar-refractivity contribution < 1.29 is 4.79 Å². The van der Waals surface area contributed by atoms with Crippen molar-refractivity contribution in [2.24, 2.45) is 0 Å². The number of nitrogens with zero attached hydrogens (tertiary/aromatic N) is 3. The fourth-order valence-electron chi connectivity index (χ4n) is 1.31. The summed E-state index contributed by atoms with van der Waals surface area (Å²) in [5.41, 5.74) is 7.08. The van der Waals surface area contributed by atoms with Crippen molar-refractivity contribution in [3.05, 3.63) is 48.0 Å². The molecule has 0 radical (unpaired) electrons. The molecule has 3 N–H and O–H groups in total. The highest BCUT2D eigenvalue weighted by Gasteiger charge is 2.08. The van der Waals surface area contributed by atoms with Crippen LogP contribution in [0.15, 0.2) is 36.8 Å². The van der Waals surface area contributed by atoms with Crippen LogP contribution >= 0.6 is 0 Å². The lowest BCUT2D eigenvalue weighted by Crippen LogP contribution is -2.24. The molecule has 86 valence electrons. The molecule has 0 fully saturated rings. The summed E-state index contributed by atoms with van der Waals surface area (Å²) in [6.45, 7) is 0.314. The summed E-state index contributed by atoms with van der Waals surface area (Å²) in [6.07, 6.45) is 4.54. The van der Waals surface area contributed by atoms with E-state index in [1.54, 1.807) is 24.4 Å². The van der Waals surface area contributed by atoms with E-state index >= 15 is 0 Å². The maximum absolute atomic E-state index is 11.8. The van der Waals surface area contributed by atoms with Crippen molar-refractivity contribution in [3.8, 4) is 0 Å². The summed E-state index contributed by atoms with van der Waals surface area (Å²) >= 11 is 0. The number of nitrogen functional groups attached to an aromatic ring is 1. The van der Waals surface area contributed by atoms with Gasteiger partial charge in [0.2, 0.25) is 0 Å². The maximum Gasteiger partial charge on any atom is 0.253 e. The van der Waals surface area contributed by atoms with Gasteiger partial charge in [0.15, 0.2) is 0 Å². The molecule has 1 amide bonds. The van der Waals surface area contributed by atoms with Gasteiger partial charge in [-0.2, -0.15) is 10.2 Å². The van der Waals surface area contributed by atoms with Crippen molar-refractivity contribution in [3.63, 3.8) is 0 Å². The highest BCUT2D eigenvalue weighted by molar-refractivity contribution is 5.98. The second-order valence-electron chi connectivity index (χ2n) is 3.36. The van der Waals surface area contributed by atoms with E-state index < -0.39 is 0 Å². The molecule has 0 aliphatic rings. The molecule has 0 atom stereocenters. The highest BCUT2D eigenvalue weighted by Crippen LogP contribution is 2.08. The first-order chi connectivity index (χ1) is 8.27. The van der Waals surface area contributed by atoms with Crippen molar-refractivity contribution in [2.75, 3.05) is 5.73 Å². The van der Waals surface area contributed by atoms with Crippen LogP contribution in [0.4, 0.5) is 5.69 Å². The number of aromatic nitrogens is 3. The number of nitrogens with one attached hydrogen (secondary N) is 1. The van der Waals surface area contributed by atoms with E-state index in [4.69, 9.17) is 5.73 Å². The van der Waals surface area contributed by atoms with Crippen molar-refractivity contribution in [1.29, 1.82) is 0 Å². The van der Waals surface area contributed by atoms with Gasteiger partial charge in [-0.1, -0.05) is 0 Å². The number of carbonyl (C=O) groups is 1. The topological polar surface area (TPSA) is 93.8 Å². The lowest BCUT2D eigenvalue weighted by molar-refractivity contribution is 0.0951. The average Bonchev–Trinajstić information content (AvgIpc) is 2.38. The van der Waals surface area contributed by atoms with Gasteiger partial charge in [0.1, 0.15) is 0 Å². The molecular weight excluding hydrogens is 218 g/mol. The minimum absolute atomic E-state index is 0.254. The molecule has 2 aromatic heterocycles. The zero-order chi connectivity index (χ0) is 12.1. The van der Waals surface area contributed by atoms with Crippen molar-refractivity contribution in [2.45, 2.75) is 6.54 Å². The van der Waals surface area contributed by atoms with E-state index in [2.05, 4.69) is 20.5 Å². The molecule has 0 unspecified atom stereocenters. The Kier molecular flexibility index (Phi) is 3.25. The Morgan fingerprint density at radius 1 is 1.35 bits per heavy atom. The van der Waals surface area contributed by atoms with Gasteiger partial charge in [-0.25, -0.2) is 0 Å². The first-order valence-electron chi connectivity index (χ1n) is 5.01. The summed E-state index contributed by atoms with van der Waals surface area (Å²) in [5.74, 6) is -0.254. The van der Waals surface area contributed by atoms with Crippen LogP contribution in [0.25, 0.3) is 0 Å². The fourth-order valence-corrected chi connectivity index (χ4v) is 1.31. The molecule has 0 bridgehead atoms. The Morgan fingerprint density at radius 2 is 2.24 bits per heavy atom. The Balaban J connectivity index is 2.01. The van der Waals surface area contributed by atoms with E-state index in [-0.39, 0.29) is 5.91 Å². The van der Waals surface area contributed by atoms with Crippen LogP contribution in [0.1, 0.15) is 16.1 Å². The first-order valence-corrected chi connectivity index (χ1v) is 5.01. The van der Waals surface area contributed by atoms with E-state index in [0.717, 1.165) is 0 Å². The molecule has 0 aromatic carbocycles. The predicted molar refractivity (Wildman–Crippen MR) is 61.9 cm³/mol. The van der Waals surface area contributed by atoms with Crippen LogP contribution in [0.2, 0.25) is 0 Å². The largest absolute Gasteiger partial charge is 0.397 e. The smallest absolute Gasteiger partial charge is 0.253 e. The van der Waals surface area contributed by atoms with Gasteiger partial charge in [0, 0.05) is 12.4 Å². The maximum atomic E-state index is 11.8. The van der Waals surface area contributed by atoms with Gasteiger partial charge >= 0.3 is 0 Å². The molecule has 0 spiro atoms. The van der Waals surface area contributed by atoms with Gasteiger partial charge in [-0.3, -0.25) is 9.78 Å². The molecule has 0 aliphatic carbocycles. The Hall–Kier alpha value is -2.50. The number of anilines is 1. The number of pyridine rings is 1. The quantitative estimate of drug-likeness (QED) is 0.793. The molecule has 6 nitrogen and oxygen atoms in total. The zero-order valence-corrected chi connectivity index (χ0v) is 9.00. The SMILES string of the molecule is Nc1cnccc1C(=O)NCc1cccnn1. The number of amides is 1. The van der Waals surface area contributed by atoms with Crippen LogP contribution < -0.4 is 11.1 Å². The van der Waals surface area contributed by atoms with Crippen LogP contribution in [0, 0.1) is 0 Å². The Bertz CT molecular complexity index is 514. The average molecular weight is 229 g/mol. The van der Waals surface area contributed by atoms with E-state index in [0.29, 0.717) is 23.5 Å². The lowest BCUT2D eigenvalue weighted by Gasteiger charge is -2.05. The van der Waals surface area contributed by atoms with Gasteiger partial charge < -0.3 is 11.1 Å². The lowest BCUT2D eigenvalue weighted by atomic mass is 10.2. The standard InChI is InChI=1S/C11H11N5O/c12-10-7-13-5-3-9(10)11(17)14-6-8-2-1-4-15-16-8/h1-5,7H,6,12H2,(H,14,17). The molecule has 2 heterocycles. The van der Waals surface area contributed by atoms with E-state index in [1.807, 2.05) is 0 Å². The Labute approximate surface area is 97.9 Å². The van der Waals surface area contributed by atoms with Crippen LogP contribution in [0.3, 0.4) is 0 Å². The number of hydrogen-bond donors (Lipinski definition) is 2. The molecule has 2 rings (SSSR count). The number of rotatable bonds is 3. The van der Waals surface area contributed by atoms with Gasteiger partial charge in [-0.05, 0) is 18.2 Å². The van der Waals surface area contributed by atoms with Crippen LogP contribution in [0.5, 0.6) is 0 Å². The summed E-state index contributed by atoms with van der Waals surface area (Å²) in [4.78, 5) is 15.6. The fraction of sp³-hybridized carbons (Fsp3) is 0.0909. The summed E-state index contributed by atoms with van der Waals surface area (Å²) in [7, 11) is 0.